The molecule has 0 fully saturated rings. The van der Waals surface area contributed by atoms with Crippen molar-refractivity contribution in [3.05, 3.63) is 49.2 Å². The fourth-order valence-electron chi connectivity index (χ4n) is 2.16. The Morgan fingerprint density at radius 1 is 1.39 bits per heavy atom. The summed E-state index contributed by atoms with van der Waals surface area (Å²) in [4.78, 5) is 12.3. The van der Waals surface area contributed by atoms with Crippen LogP contribution in [0.25, 0.3) is 0 Å². The predicted molar refractivity (Wildman–Crippen MR) is 80.7 cm³/mol. The number of ether oxygens (including phenoxy) is 1. The maximum atomic E-state index is 12.3. The predicted octanol–water partition coefficient (Wildman–Crippen LogP) is 3.91. The minimum atomic E-state index is 0.0940. The summed E-state index contributed by atoms with van der Waals surface area (Å²) in [5.74, 6) is 1.01. The Morgan fingerprint density at radius 2 is 2.22 bits per heavy atom. The van der Waals surface area contributed by atoms with Crippen LogP contribution in [0.5, 0.6) is 5.75 Å². The van der Waals surface area contributed by atoms with Crippen LogP contribution in [0.3, 0.4) is 0 Å². The molecule has 1 aliphatic heterocycles. The van der Waals surface area contributed by atoms with Gasteiger partial charge in [-0.05, 0) is 59.3 Å². The third-order valence-electron chi connectivity index (χ3n) is 2.99. The fraction of sp³-hybridized carbons (Fsp3) is 0.214. The zero-order valence-electron chi connectivity index (χ0n) is 9.77. The third kappa shape index (κ3) is 2.19. The quantitative estimate of drug-likeness (QED) is 0.592. The van der Waals surface area contributed by atoms with E-state index in [1.807, 2.05) is 36.6 Å². The van der Waals surface area contributed by atoms with Gasteiger partial charge in [0, 0.05) is 22.9 Å². The van der Waals surface area contributed by atoms with Crippen molar-refractivity contribution in [3.63, 3.8) is 0 Å². The van der Waals surface area contributed by atoms with Crippen LogP contribution in [0.1, 0.15) is 28.4 Å². The normalized spacial score (nSPS) is 17.3. The number of hydrogen-bond donors (Lipinski definition) is 0. The highest BCUT2D eigenvalue weighted by Crippen LogP contribution is 2.30. The van der Waals surface area contributed by atoms with E-state index in [4.69, 9.17) is 4.74 Å². The molecule has 0 saturated carbocycles. The molecule has 0 aliphatic carbocycles. The van der Waals surface area contributed by atoms with Gasteiger partial charge in [-0.3, -0.25) is 4.79 Å². The van der Waals surface area contributed by atoms with Crippen molar-refractivity contribution in [1.29, 1.82) is 0 Å². The molecule has 0 amide bonds. The molecule has 0 N–H and O–H groups in total. The summed E-state index contributed by atoms with van der Waals surface area (Å²) in [6, 6.07) is 7.65. The number of benzene rings is 1. The van der Waals surface area contributed by atoms with E-state index in [-0.39, 0.29) is 11.9 Å². The first-order valence-corrected chi connectivity index (χ1v) is 7.67. The summed E-state index contributed by atoms with van der Waals surface area (Å²) in [6.07, 6.45) is 1.10. The van der Waals surface area contributed by atoms with Crippen molar-refractivity contribution in [2.75, 3.05) is 0 Å². The summed E-state index contributed by atoms with van der Waals surface area (Å²) < 4.78 is 6.77. The van der Waals surface area contributed by atoms with E-state index in [2.05, 4.69) is 22.6 Å². The van der Waals surface area contributed by atoms with Crippen LogP contribution in [-0.4, -0.2) is 11.9 Å². The zero-order chi connectivity index (χ0) is 12.7. The molecule has 2 nitrogen and oxygen atoms in total. The second-order valence-electron chi connectivity index (χ2n) is 4.42. The number of rotatable bonds is 2. The van der Waals surface area contributed by atoms with Gasteiger partial charge in [0.05, 0.1) is 2.88 Å². The van der Waals surface area contributed by atoms with Crippen molar-refractivity contribution in [2.24, 2.45) is 0 Å². The minimum absolute atomic E-state index is 0.0940. The van der Waals surface area contributed by atoms with E-state index < -0.39 is 0 Å². The molecule has 4 heteroatoms. The monoisotopic (exact) mass is 370 g/mol. The van der Waals surface area contributed by atoms with Crippen LogP contribution in [0, 0.1) is 2.88 Å². The second-order valence-corrected chi connectivity index (χ2v) is 7.23. The Labute approximate surface area is 123 Å². The van der Waals surface area contributed by atoms with Gasteiger partial charge in [0.2, 0.25) is 0 Å². The number of carbonyl (C=O) groups is 1. The van der Waals surface area contributed by atoms with Crippen LogP contribution in [0.2, 0.25) is 0 Å². The van der Waals surface area contributed by atoms with Gasteiger partial charge >= 0.3 is 0 Å². The first-order valence-electron chi connectivity index (χ1n) is 5.72. The Hall–Kier alpha value is -0.880. The van der Waals surface area contributed by atoms with E-state index in [1.165, 1.54) is 0 Å². The molecule has 2 heterocycles. The van der Waals surface area contributed by atoms with E-state index in [0.717, 1.165) is 31.7 Å². The summed E-state index contributed by atoms with van der Waals surface area (Å²) in [6.45, 7) is 2.04. The Kier molecular flexibility index (Phi) is 3.15. The fourth-order valence-corrected chi connectivity index (χ4v) is 3.49. The van der Waals surface area contributed by atoms with Gasteiger partial charge in [0.1, 0.15) is 11.9 Å². The lowest BCUT2D eigenvalue weighted by molar-refractivity contribution is 0.103. The number of thiophene rings is 1. The highest BCUT2D eigenvalue weighted by atomic mass is 127. The molecule has 0 spiro atoms. The van der Waals surface area contributed by atoms with E-state index in [9.17, 15) is 4.79 Å². The van der Waals surface area contributed by atoms with Gasteiger partial charge < -0.3 is 4.74 Å². The lowest BCUT2D eigenvalue weighted by Gasteiger charge is -2.03. The molecular formula is C14H11IO2S. The highest BCUT2D eigenvalue weighted by Gasteiger charge is 2.21. The maximum absolute atomic E-state index is 12.3. The van der Waals surface area contributed by atoms with Crippen LogP contribution in [0.4, 0.5) is 0 Å². The van der Waals surface area contributed by atoms with Gasteiger partial charge in [0.15, 0.2) is 5.78 Å². The lowest BCUT2D eigenvalue weighted by Crippen LogP contribution is -2.05. The largest absolute Gasteiger partial charge is 0.490 e. The molecule has 1 atom stereocenters. The Balaban J connectivity index is 1.94. The molecule has 2 aromatic rings. The van der Waals surface area contributed by atoms with E-state index in [1.54, 1.807) is 11.3 Å². The molecule has 18 heavy (non-hydrogen) atoms. The first-order chi connectivity index (χ1) is 8.63. The number of fused-ring (bicyclic) bond motifs is 1. The smallest absolute Gasteiger partial charge is 0.193 e. The van der Waals surface area contributed by atoms with E-state index in [0.29, 0.717) is 0 Å². The Bertz CT molecular complexity index is 618. The van der Waals surface area contributed by atoms with Crippen molar-refractivity contribution in [1.82, 2.24) is 0 Å². The molecular weight excluding hydrogens is 359 g/mol. The molecule has 0 radical (unpaired) electrons. The molecule has 92 valence electrons. The van der Waals surface area contributed by atoms with Gasteiger partial charge in [0.25, 0.3) is 0 Å². The average Bonchev–Trinajstić information content (AvgIpc) is 2.92. The van der Waals surface area contributed by atoms with Gasteiger partial charge in [-0.2, -0.15) is 0 Å². The van der Waals surface area contributed by atoms with Crippen LogP contribution in [-0.2, 0) is 6.42 Å². The van der Waals surface area contributed by atoms with Gasteiger partial charge in [-0.25, -0.2) is 0 Å². The molecule has 1 aromatic heterocycles. The van der Waals surface area contributed by atoms with Crippen molar-refractivity contribution in [2.45, 2.75) is 19.4 Å². The number of carbonyl (C=O) groups excluding carboxylic acids is 1. The maximum Gasteiger partial charge on any atom is 0.193 e. The van der Waals surface area contributed by atoms with Crippen molar-refractivity contribution < 1.29 is 9.53 Å². The third-order valence-corrected chi connectivity index (χ3v) is 4.78. The standard InChI is InChI=1S/C14H11IO2S/c1-8-4-10-5-9(2-3-12(10)17-8)14(16)11-6-13(15)18-7-11/h2-3,5-8H,4H2,1H3. The molecule has 3 rings (SSSR count). The molecule has 1 aromatic carbocycles. The second kappa shape index (κ2) is 4.66. The summed E-state index contributed by atoms with van der Waals surface area (Å²) >= 11 is 3.83. The molecule has 1 unspecified atom stereocenters. The number of halogens is 1. The van der Waals surface area contributed by atoms with Crippen LogP contribution in [0.15, 0.2) is 29.6 Å². The minimum Gasteiger partial charge on any atom is -0.490 e. The van der Waals surface area contributed by atoms with Gasteiger partial charge in [-0.1, -0.05) is 0 Å². The summed E-state index contributed by atoms with van der Waals surface area (Å²) in [5.41, 5.74) is 2.66. The van der Waals surface area contributed by atoms with Crippen LogP contribution < -0.4 is 4.74 Å². The molecule has 0 bridgehead atoms. The van der Waals surface area contributed by atoms with Crippen LogP contribution >= 0.6 is 33.9 Å². The SMILES string of the molecule is CC1Cc2cc(C(=O)c3csc(I)c3)ccc2O1. The average molecular weight is 370 g/mol. The number of ketones is 1. The lowest BCUT2D eigenvalue weighted by atomic mass is 10.0. The highest BCUT2D eigenvalue weighted by molar-refractivity contribution is 14.1. The first kappa shape index (κ1) is 12.2. The Morgan fingerprint density at radius 3 is 2.94 bits per heavy atom. The summed E-state index contributed by atoms with van der Waals surface area (Å²) in [5, 5.41) is 1.91. The molecule has 0 saturated heterocycles. The summed E-state index contributed by atoms with van der Waals surface area (Å²) in [7, 11) is 0. The number of hydrogen-bond acceptors (Lipinski definition) is 3. The van der Waals surface area contributed by atoms with E-state index >= 15 is 0 Å². The zero-order valence-corrected chi connectivity index (χ0v) is 12.7. The van der Waals surface area contributed by atoms with Crippen molar-refractivity contribution in [3.8, 4) is 5.75 Å². The topological polar surface area (TPSA) is 26.3 Å². The molecule has 1 aliphatic rings. The van der Waals surface area contributed by atoms with Gasteiger partial charge in [-0.15, -0.1) is 11.3 Å². The van der Waals surface area contributed by atoms with Crippen molar-refractivity contribution >= 4 is 39.7 Å².